The van der Waals surface area contributed by atoms with Gasteiger partial charge in [0.2, 0.25) is 5.91 Å². The van der Waals surface area contributed by atoms with Crippen molar-refractivity contribution in [3.05, 3.63) is 0 Å². The molecule has 6 atom stereocenters. The normalized spacial score (nSPS) is 44.2. The topological polar surface area (TPSA) is 64.3 Å². The Morgan fingerprint density at radius 2 is 2.17 bits per heavy atom. The van der Waals surface area contributed by atoms with E-state index in [2.05, 4.69) is 12.2 Å². The van der Waals surface area contributed by atoms with Crippen molar-refractivity contribution in [1.29, 1.82) is 0 Å². The van der Waals surface area contributed by atoms with Crippen LogP contribution < -0.4 is 11.1 Å². The van der Waals surface area contributed by atoms with Gasteiger partial charge in [0.25, 0.3) is 0 Å². The summed E-state index contributed by atoms with van der Waals surface area (Å²) in [5.41, 5.74) is 5.88. The summed E-state index contributed by atoms with van der Waals surface area (Å²) in [7, 11) is 0. The van der Waals surface area contributed by atoms with Crippen molar-refractivity contribution in [1.82, 2.24) is 5.32 Å². The number of carbonyl (C=O) groups excluding carboxylic acids is 1. The van der Waals surface area contributed by atoms with Crippen molar-refractivity contribution < 1.29 is 9.53 Å². The number of amides is 1. The molecule has 4 heteroatoms. The summed E-state index contributed by atoms with van der Waals surface area (Å²) in [6.07, 6.45) is 5.46. The number of carbonyl (C=O) groups is 1. The molecule has 3 aliphatic rings. The van der Waals surface area contributed by atoms with Crippen molar-refractivity contribution in [3.63, 3.8) is 0 Å². The lowest BCUT2D eigenvalue weighted by Crippen LogP contribution is -2.47. The largest absolute Gasteiger partial charge is 0.379 e. The minimum atomic E-state index is -0.147. The van der Waals surface area contributed by atoms with Crippen LogP contribution in [0.25, 0.3) is 0 Å². The number of hydrogen-bond donors (Lipinski definition) is 2. The second-order valence-corrected chi connectivity index (χ2v) is 6.44. The average Bonchev–Trinajstić information content (AvgIpc) is 3.03. The highest BCUT2D eigenvalue weighted by atomic mass is 16.5. The van der Waals surface area contributed by atoms with Crippen LogP contribution in [0.4, 0.5) is 0 Å². The molecular formula is C14H24N2O2. The molecule has 1 aliphatic heterocycles. The molecule has 102 valence electrons. The van der Waals surface area contributed by atoms with E-state index in [9.17, 15) is 4.79 Å². The summed E-state index contributed by atoms with van der Waals surface area (Å²) in [4.78, 5) is 12.2. The number of nitrogens with one attached hydrogen (secondary N) is 1. The van der Waals surface area contributed by atoms with Gasteiger partial charge in [-0.1, -0.05) is 6.42 Å². The van der Waals surface area contributed by atoms with E-state index in [1.165, 1.54) is 25.7 Å². The molecule has 1 amide bonds. The van der Waals surface area contributed by atoms with Crippen molar-refractivity contribution in [2.24, 2.45) is 29.4 Å². The minimum absolute atomic E-state index is 0.0928. The second kappa shape index (κ2) is 4.82. The van der Waals surface area contributed by atoms with Gasteiger partial charge in [0.1, 0.15) is 0 Å². The van der Waals surface area contributed by atoms with E-state index in [1.54, 1.807) is 0 Å². The number of ether oxygens (including phenoxy) is 1. The number of fused-ring (bicyclic) bond motifs is 2. The molecule has 2 saturated carbocycles. The van der Waals surface area contributed by atoms with E-state index in [-0.39, 0.29) is 17.9 Å². The van der Waals surface area contributed by atoms with Crippen molar-refractivity contribution in [2.75, 3.05) is 13.2 Å². The van der Waals surface area contributed by atoms with E-state index in [4.69, 9.17) is 10.5 Å². The van der Waals surface area contributed by atoms with Crippen molar-refractivity contribution >= 4 is 5.91 Å². The first-order valence-corrected chi connectivity index (χ1v) is 7.29. The fourth-order valence-electron chi connectivity index (χ4n) is 4.19. The Morgan fingerprint density at radius 1 is 1.33 bits per heavy atom. The van der Waals surface area contributed by atoms with Crippen LogP contribution in [0, 0.1) is 23.7 Å². The van der Waals surface area contributed by atoms with Crippen LogP contribution >= 0.6 is 0 Å². The van der Waals surface area contributed by atoms with Gasteiger partial charge < -0.3 is 15.8 Å². The third-order valence-electron chi connectivity index (χ3n) is 5.27. The lowest BCUT2D eigenvalue weighted by atomic mass is 9.83. The monoisotopic (exact) mass is 252 g/mol. The zero-order chi connectivity index (χ0) is 12.7. The maximum absolute atomic E-state index is 12.2. The standard InChI is InChI=1S/C14H24N2O2/c1-8(11-5-9-2-3-10(11)4-9)16-14(17)12-6-18-7-13(12)15/h8-13H,2-7,15H2,1H3,(H,16,17). The van der Waals surface area contributed by atoms with Crippen LogP contribution in [0.5, 0.6) is 0 Å². The maximum Gasteiger partial charge on any atom is 0.227 e. The highest BCUT2D eigenvalue weighted by Gasteiger charge is 2.42. The lowest BCUT2D eigenvalue weighted by molar-refractivity contribution is -0.126. The van der Waals surface area contributed by atoms with Crippen LogP contribution in [0.2, 0.25) is 0 Å². The Bertz CT molecular complexity index is 334. The van der Waals surface area contributed by atoms with E-state index in [0.29, 0.717) is 25.2 Å². The molecule has 0 radical (unpaired) electrons. The first-order valence-electron chi connectivity index (χ1n) is 7.29. The molecule has 18 heavy (non-hydrogen) atoms. The van der Waals surface area contributed by atoms with Gasteiger partial charge >= 0.3 is 0 Å². The van der Waals surface area contributed by atoms with E-state index < -0.39 is 0 Å². The summed E-state index contributed by atoms with van der Waals surface area (Å²) in [5, 5.41) is 3.18. The Hall–Kier alpha value is -0.610. The van der Waals surface area contributed by atoms with Crippen molar-refractivity contribution in [2.45, 2.75) is 44.7 Å². The predicted octanol–water partition coefficient (Wildman–Crippen LogP) is 0.901. The molecule has 0 aromatic rings. The van der Waals surface area contributed by atoms with Crippen LogP contribution in [0.1, 0.15) is 32.6 Å². The van der Waals surface area contributed by atoms with Crippen LogP contribution in [0.15, 0.2) is 0 Å². The fraction of sp³-hybridized carbons (Fsp3) is 0.929. The Kier molecular flexibility index (Phi) is 3.32. The third kappa shape index (κ3) is 2.16. The summed E-state index contributed by atoms with van der Waals surface area (Å²) in [6, 6.07) is 0.165. The number of hydrogen-bond acceptors (Lipinski definition) is 3. The van der Waals surface area contributed by atoms with Gasteiger partial charge in [-0.25, -0.2) is 0 Å². The number of nitrogens with two attached hydrogens (primary N) is 1. The molecule has 1 heterocycles. The molecule has 6 unspecified atom stereocenters. The van der Waals surface area contributed by atoms with Gasteiger partial charge in [0.15, 0.2) is 0 Å². The van der Waals surface area contributed by atoms with Crippen LogP contribution in [-0.4, -0.2) is 31.2 Å². The number of rotatable bonds is 3. The predicted molar refractivity (Wildman–Crippen MR) is 68.8 cm³/mol. The Balaban J connectivity index is 1.54. The average molecular weight is 252 g/mol. The van der Waals surface area contributed by atoms with Crippen molar-refractivity contribution in [3.8, 4) is 0 Å². The molecule has 3 fully saturated rings. The SMILES string of the molecule is CC(NC(=O)C1COCC1N)C1CC2CCC1C2. The molecule has 1 saturated heterocycles. The molecule has 2 bridgehead atoms. The summed E-state index contributed by atoms with van der Waals surface area (Å²) in [5.74, 6) is 2.41. The first-order chi connectivity index (χ1) is 8.65. The minimum Gasteiger partial charge on any atom is -0.379 e. The molecule has 0 aromatic heterocycles. The van der Waals surface area contributed by atoms with E-state index >= 15 is 0 Å². The summed E-state index contributed by atoms with van der Waals surface area (Å²) >= 11 is 0. The van der Waals surface area contributed by atoms with E-state index in [0.717, 1.165) is 11.8 Å². The van der Waals surface area contributed by atoms with E-state index in [1.807, 2.05) is 0 Å². The Morgan fingerprint density at radius 3 is 2.72 bits per heavy atom. The molecule has 0 spiro atoms. The smallest absolute Gasteiger partial charge is 0.227 e. The molecule has 2 aliphatic carbocycles. The maximum atomic E-state index is 12.2. The highest BCUT2D eigenvalue weighted by Crippen LogP contribution is 2.49. The van der Waals surface area contributed by atoms with Crippen LogP contribution in [-0.2, 0) is 9.53 Å². The van der Waals surface area contributed by atoms with Gasteiger partial charge in [-0.2, -0.15) is 0 Å². The van der Waals surface area contributed by atoms with Gasteiger partial charge in [-0.3, -0.25) is 4.79 Å². The second-order valence-electron chi connectivity index (χ2n) is 6.44. The zero-order valence-electron chi connectivity index (χ0n) is 11.1. The third-order valence-corrected chi connectivity index (χ3v) is 5.27. The van der Waals surface area contributed by atoms with Gasteiger partial charge in [-0.05, 0) is 43.9 Å². The zero-order valence-corrected chi connectivity index (χ0v) is 11.1. The molecule has 3 N–H and O–H groups in total. The molecule has 4 nitrogen and oxygen atoms in total. The first kappa shape index (κ1) is 12.4. The molecule has 0 aromatic carbocycles. The lowest BCUT2D eigenvalue weighted by Gasteiger charge is -2.29. The summed E-state index contributed by atoms with van der Waals surface area (Å²) < 4.78 is 5.26. The fourth-order valence-corrected chi connectivity index (χ4v) is 4.19. The Labute approximate surface area is 109 Å². The van der Waals surface area contributed by atoms with Gasteiger partial charge in [-0.15, -0.1) is 0 Å². The molecule has 3 rings (SSSR count). The molecular weight excluding hydrogens is 228 g/mol. The quantitative estimate of drug-likeness (QED) is 0.784. The summed E-state index contributed by atoms with van der Waals surface area (Å²) in [6.45, 7) is 3.15. The van der Waals surface area contributed by atoms with Gasteiger partial charge in [0.05, 0.1) is 19.1 Å². The highest BCUT2D eigenvalue weighted by molar-refractivity contribution is 5.80. The van der Waals surface area contributed by atoms with Crippen LogP contribution in [0.3, 0.4) is 0 Å². The van der Waals surface area contributed by atoms with Gasteiger partial charge in [0, 0.05) is 12.1 Å².